The number of amides is 2. The largest absolute Gasteiger partial charge is 0.493 e. The Morgan fingerprint density at radius 1 is 1.15 bits per heavy atom. The van der Waals surface area contributed by atoms with Crippen molar-refractivity contribution in [2.45, 2.75) is 6.42 Å². The molecular weight excluding hydrogens is 386 g/mol. The van der Waals surface area contributed by atoms with Gasteiger partial charge in [0.2, 0.25) is 11.8 Å². The fraction of sp³-hybridized carbons (Fsp3) is 0.167. The number of hydrogen-bond acceptors (Lipinski definition) is 6. The van der Waals surface area contributed by atoms with Crippen LogP contribution in [0.5, 0.6) is 11.5 Å². The highest BCUT2D eigenvalue weighted by molar-refractivity contribution is 7.80. The Kier molecular flexibility index (Phi) is 7.78. The van der Waals surface area contributed by atoms with Crippen LogP contribution in [0.2, 0.25) is 0 Å². The van der Waals surface area contributed by atoms with Crippen molar-refractivity contribution in [2.75, 3.05) is 14.2 Å². The fourth-order valence-electron chi connectivity index (χ4n) is 2.06. The van der Waals surface area contributed by atoms with E-state index >= 15 is 0 Å². The third-order valence-corrected chi connectivity index (χ3v) is 4.38. The van der Waals surface area contributed by atoms with Crippen molar-refractivity contribution >= 4 is 46.6 Å². The molecule has 0 aliphatic carbocycles. The lowest BCUT2D eigenvalue weighted by Crippen LogP contribution is -2.48. The van der Waals surface area contributed by atoms with E-state index < -0.39 is 5.91 Å². The maximum atomic E-state index is 11.9. The van der Waals surface area contributed by atoms with Gasteiger partial charge in [-0.25, -0.2) is 0 Å². The summed E-state index contributed by atoms with van der Waals surface area (Å²) in [4.78, 5) is 24.6. The molecule has 0 saturated carbocycles. The average molecular weight is 406 g/mol. The summed E-state index contributed by atoms with van der Waals surface area (Å²) >= 11 is 6.46. The standard InChI is InChI=1S/C18H19N3O4S2/c1-24-14-7-5-12(10-15(14)25-2)6-8-16(22)19-18(26)21-20-17(23)11-13-4-3-9-27-13/h3-10H,11H2,1-2H3,(H,20,23)(H2,19,21,22,26)/b8-6+. The third-order valence-electron chi connectivity index (χ3n) is 3.30. The van der Waals surface area contributed by atoms with Crippen molar-refractivity contribution in [3.05, 3.63) is 52.2 Å². The molecule has 0 unspecified atom stereocenters. The SMILES string of the molecule is COc1ccc(/C=C/C(=O)NC(=S)NNC(=O)Cc2cccs2)cc1OC. The van der Waals surface area contributed by atoms with Gasteiger partial charge in [0.25, 0.3) is 0 Å². The summed E-state index contributed by atoms with van der Waals surface area (Å²) in [6.07, 6.45) is 3.17. The molecule has 27 heavy (non-hydrogen) atoms. The van der Waals surface area contributed by atoms with Crippen LogP contribution in [-0.4, -0.2) is 31.1 Å². The lowest BCUT2D eigenvalue weighted by atomic mass is 10.2. The van der Waals surface area contributed by atoms with Crippen molar-refractivity contribution in [3.63, 3.8) is 0 Å². The molecule has 0 fully saturated rings. The highest BCUT2D eigenvalue weighted by Crippen LogP contribution is 2.27. The van der Waals surface area contributed by atoms with Crippen LogP contribution in [0.4, 0.5) is 0 Å². The number of hydrazine groups is 1. The van der Waals surface area contributed by atoms with Crippen molar-refractivity contribution in [1.82, 2.24) is 16.2 Å². The Morgan fingerprint density at radius 2 is 1.93 bits per heavy atom. The van der Waals surface area contributed by atoms with Gasteiger partial charge >= 0.3 is 0 Å². The lowest BCUT2D eigenvalue weighted by Gasteiger charge is -2.09. The van der Waals surface area contributed by atoms with E-state index in [4.69, 9.17) is 21.7 Å². The van der Waals surface area contributed by atoms with Gasteiger partial charge in [0.05, 0.1) is 20.6 Å². The van der Waals surface area contributed by atoms with Crippen LogP contribution < -0.4 is 25.6 Å². The number of hydrogen-bond donors (Lipinski definition) is 3. The number of thiocarbonyl (C=S) groups is 1. The first kappa shape index (κ1) is 20.4. The molecule has 2 rings (SSSR count). The van der Waals surface area contributed by atoms with Crippen molar-refractivity contribution < 1.29 is 19.1 Å². The second-order valence-corrected chi connectivity index (χ2v) is 6.64. The van der Waals surface area contributed by atoms with Crippen molar-refractivity contribution in [2.24, 2.45) is 0 Å². The molecule has 0 saturated heterocycles. The molecule has 1 aromatic carbocycles. The van der Waals surface area contributed by atoms with Gasteiger partial charge in [0, 0.05) is 11.0 Å². The molecule has 7 nitrogen and oxygen atoms in total. The minimum atomic E-state index is -0.435. The van der Waals surface area contributed by atoms with E-state index in [9.17, 15) is 9.59 Å². The molecule has 0 atom stereocenters. The molecule has 9 heteroatoms. The van der Waals surface area contributed by atoms with E-state index in [0.29, 0.717) is 11.5 Å². The molecule has 142 valence electrons. The monoisotopic (exact) mass is 405 g/mol. The van der Waals surface area contributed by atoms with E-state index in [-0.39, 0.29) is 17.4 Å². The summed E-state index contributed by atoms with van der Waals surface area (Å²) in [6.45, 7) is 0. The first-order valence-electron chi connectivity index (χ1n) is 7.84. The molecule has 2 amide bonds. The summed E-state index contributed by atoms with van der Waals surface area (Å²) in [5, 5.41) is 4.33. The molecular formula is C18H19N3O4S2. The van der Waals surface area contributed by atoms with Crippen LogP contribution >= 0.6 is 23.6 Å². The molecule has 0 aliphatic heterocycles. The van der Waals surface area contributed by atoms with Crippen LogP contribution in [-0.2, 0) is 16.0 Å². The predicted molar refractivity (Wildman–Crippen MR) is 109 cm³/mol. The fourth-order valence-corrected chi connectivity index (χ4v) is 2.91. The Bertz CT molecular complexity index is 835. The number of thiophene rings is 1. The highest BCUT2D eigenvalue weighted by Gasteiger charge is 2.06. The van der Waals surface area contributed by atoms with Gasteiger partial charge in [-0.15, -0.1) is 11.3 Å². The Morgan fingerprint density at radius 3 is 2.59 bits per heavy atom. The summed E-state index contributed by atoms with van der Waals surface area (Å²) in [7, 11) is 3.09. The van der Waals surface area contributed by atoms with Crippen LogP contribution in [0, 0.1) is 0 Å². The topological polar surface area (TPSA) is 88.7 Å². The minimum Gasteiger partial charge on any atom is -0.493 e. The van der Waals surface area contributed by atoms with Gasteiger partial charge in [0.1, 0.15) is 0 Å². The number of rotatable bonds is 6. The third kappa shape index (κ3) is 6.72. The van der Waals surface area contributed by atoms with Crippen LogP contribution in [0.3, 0.4) is 0 Å². The Balaban J connectivity index is 1.79. The number of nitrogens with one attached hydrogen (secondary N) is 3. The zero-order chi connectivity index (χ0) is 19.6. The number of methoxy groups -OCH3 is 2. The average Bonchev–Trinajstić information content (AvgIpc) is 3.17. The molecule has 0 spiro atoms. The van der Waals surface area contributed by atoms with Crippen LogP contribution in [0.25, 0.3) is 6.08 Å². The zero-order valence-electron chi connectivity index (χ0n) is 14.8. The summed E-state index contributed by atoms with van der Waals surface area (Å²) in [5.41, 5.74) is 5.68. The van der Waals surface area contributed by atoms with E-state index in [2.05, 4.69) is 16.2 Å². The van der Waals surface area contributed by atoms with Gasteiger partial charge in [-0.3, -0.25) is 25.8 Å². The quantitative estimate of drug-likeness (QED) is 0.387. The lowest BCUT2D eigenvalue weighted by molar-refractivity contribution is -0.121. The zero-order valence-corrected chi connectivity index (χ0v) is 16.4. The second-order valence-electron chi connectivity index (χ2n) is 5.20. The smallest absolute Gasteiger partial charge is 0.250 e. The van der Waals surface area contributed by atoms with Gasteiger partial charge < -0.3 is 9.47 Å². The first-order valence-corrected chi connectivity index (χ1v) is 9.13. The van der Waals surface area contributed by atoms with E-state index in [1.165, 1.54) is 24.5 Å². The van der Waals surface area contributed by atoms with Crippen LogP contribution in [0.1, 0.15) is 10.4 Å². The number of benzene rings is 1. The normalized spacial score (nSPS) is 10.3. The molecule has 0 bridgehead atoms. The van der Waals surface area contributed by atoms with Gasteiger partial charge in [-0.1, -0.05) is 12.1 Å². The molecule has 0 radical (unpaired) electrons. The summed E-state index contributed by atoms with van der Waals surface area (Å²) in [6, 6.07) is 9.00. The van der Waals surface area contributed by atoms with Crippen molar-refractivity contribution in [1.29, 1.82) is 0 Å². The van der Waals surface area contributed by atoms with E-state index in [0.717, 1.165) is 10.4 Å². The summed E-state index contributed by atoms with van der Waals surface area (Å²) in [5.74, 6) is 0.471. The van der Waals surface area contributed by atoms with Gasteiger partial charge in [-0.05, 0) is 47.4 Å². The minimum absolute atomic E-state index is 0.00325. The van der Waals surface area contributed by atoms with E-state index in [1.807, 2.05) is 17.5 Å². The van der Waals surface area contributed by atoms with Crippen molar-refractivity contribution in [3.8, 4) is 11.5 Å². The first-order chi connectivity index (χ1) is 13.0. The highest BCUT2D eigenvalue weighted by atomic mass is 32.1. The molecule has 1 heterocycles. The molecule has 1 aromatic heterocycles. The number of carbonyl (C=O) groups excluding carboxylic acids is 2. The maximum absolute atomic E-state index is 11.9. The molecule has 0 aliphatic rings. The van der Waals surface area contributed by atoms with Crippen LogP contribution in [0.15, 0.2) is 41.8 Å². The maximum Gasteiger partial charge on any atom is 0.250 e. The Labute approximate surface area is 166 Å². The summed E-state index contributed by atoms with van der Waals surface area (Å²) < 4.78 is 10.4. The van der Waals surface area contributed by atoms with Gasteiger partial charge in [0.15, 0.2) is 16.6 Å². The van der Waals surface area contributed by atoms with Gasteiger partial charge in [-0.2, -0.15) is 0 Å². The van der Waals surface area contributed by atoms with E-state index in [1.54, 1.807) is 31.4 Å². The Hall–Kier alpha value is -2.91. The predicted octanol–water partition coefficient (Wildman–Crippen LogP) is 2.04. The second kappa shape index (κ2) is 10.3. The molecule has 3 N–H and O–H groups in total. The number of carbonyl (C=O) groups is 2. The number of ether oxygens (including phenoxy) is 2. The molecule has 2 aromatic rings.